The molecule has 16 heteroatoms. The topological polar surface area (TPSA) is 154 Å². The number of hydrogen-bond acceptors (Lipinski definition) is 9. The van der Waals surface area contributed by atoms with Gasteiger partial charge >= 0.3 is 6.18 Å². The van der Waals surface area contributed by atoms with Crippen LogP contribution in [0, 0.1) is 0 Å². The molecule has 4 aromatic heterocycles. The Hall–Kier alpha value is -4.89. The smallest absolute Gasteiger partial charge is 0.418 e. The number of nitrogen functional groups attached to an aromatic ring is 1. The van der Waals surface area contributed by atoms with E-state index in [1.807, 2.05) is 0 Å². The van der Waals surface area contributed by atoms with Crippen molar-refractivity contribution >= 4 is 23.1 Å². The van der Waals surface area contributed by atoms with E-state index in [0.717, 1.165) is 16.9 Å². The number of fused-ring (bicyclic) bond motifs is 1. The van der Waals surface area contributed by atoms with E-state index < -0.39 is 41.3 Å². The minimum absolute atomic E-state index is 0.0253. The van der Waals surface area contributed by atoms with Gasteiger partial charge in [0.15, 0.2) is 11.5 Å². The van der Waals surface area contributed by atoms with Crippen molar-refractivity contribution in [2.75, 3.05) is 25.9 Å². The summed E-state index contributed by atoms with van der Waals surface area (Å²) in [5.74, 6) is -1.90. The summed E-state index contributed by atoms with van der Waals surface area (Å²) in [5.41, 5.74) is 4.03. The molecule has 1 aliphatic rings. The van der Waals surface area contributed by atoms with Gasteiger partial charge < -0.3 is 20.7 Å². The Labute approximate surface area is 216 Å². The van der Waals surface area contributed by atoms with Crippen molar-refractivity contribution in [2.24, 2.45) is 0 Å². The molecule has 4 aromatic rings. The molecule has 0 aromatic carbocycles. The number of halogens is 4. The molecule has 0 bridgehead atoms. The van der Waals surface area contributed by atoms with Crippen LogP contribution in [0.2, 0.25) is 0 Å². The van der Waals surface area contributed by atoms with Crippen LogP contribution in [0.3, 0.4) is 0 Å². The lowest BCUT2D eigenvalue weighted by Gasteiger charge is -2.17. The summed E-state index contributed by atoms with van der Waals surface area (Å²) < 4.78 is 62.1. The Morgan fingerprint density at radius 1 is 1.21 bits per heavy atom. The molecule has 2 amide bonds. The second kappa shape index (κ2) is 9.77. The van der Waals surface area contributed by atoms with Gasteiger partial charge in [0.25, 0.3) is 11.8 Å². The maximum absolute atomic E-state index is 14.8. The Bertz CT molecular complexity index is 1560. The number of nitrogens with one attached hydrogen (secondary N) is 1. The number of hydrogen-bond donors (Lipinski definition) is 2. The molecule has 1 saturated heterocycles. The van der Waals surface area contributed by atoms with Gasteiger partial charge in [-0.1, -0.05) is 0 Å². The summed E-state index contributed by atoms with van der Waals surface area (Å²) in [6, 6.07) is 3.93. The van der Waals surface area contributed by atoms with Crippen LogP contribution in [0.25, 0.3) is 16.8 Å². The van der Waals surface area contributed by atoms with Gasteiger partial charge in [0.05, 0.1) is 31.0 Å². The zero-order valence-corrected chi connectivity index (χ0v) is 20.1. The Morgan fingerprint density at radius 2 is 2.00 bits per heavy atom. The second-order valence-electron chi connectivity index (χ2n) is 8.54. The first kappa shape index (κ1) is 25.7. The molecule has 5 rings (SSSR count). The van der Waals surface area contributed by atoms with E-state index in [2.05, 4.69) is 30.6 Å². The predicted molar refractivity (Wildman–Crippen MR) is 126 cm³/mol. The maximum atomic E-state index is 14.8. The fourth-order valence-corrected chi connectivity index (χ4v) is 4.30. The van der Waals surface area contributed by atoms with Crippen LogP contribution < -0.4 is 15.8 Å². The summed E-state index contributed by atoms with van der Waals surface area (Å²) in [6.07, 6.45) is -2.79. The molecule has 202 valence electrons. The minimum atomic E-state index is -4.77. The van der Waals surface area contributed by atoms with Gasteiger partial charge in [-0.3, -0.25) is 9.59 Å². The average molecular weight is 545 g/mol. The first-order valence-corrected chi connectivity index (χ1v) is 11.3. The monoisotopic (exact) mass is 545 g/mol. The van der Waals surface area contributed by atoms with E-state index in [0.29, 0.717) is 0 Å². The van der Waals surface area contributed by atoms with Crippen LogP contribution in [-0.2, 0) is 6.18 Å². The number of pyridine rings is 1. The predicted octanol–water partition coefficient (Wildman–Crippen LogP) is 1.78. The van der Waals surface area contributed by atoms with Crippen molar-refractivity contribution in [3.05, 3.63) is 59.8 Å². The van der Waals surface area contributed by atoms with Gasteiger partial charge in [-0.2, -0.15) is 23.4 Å². The van der Waals surface area contributed by atoms with Crippen molar-refractivity contribution < 1.29 is 31.9 Å². The lowest BCUT2D eigenvalue weighted by atomic mass is 10.1. The van der Waals surface area contributed by atoms with Gasteiger partial charge in [-0.05, 0) is 24.3 Å². The molecule has 0 unspecified atom stereocenters. The number of nitrogens with two attached hydrogens (primary N) is 1. The molecule has 0 spiro atoms. The van der Waals surface area contributed by atoms with Crippen LogP contribution in [0.1, 0.15) is 26.4 Å². The SMILES string of the molecule is COc1ncc(-c2cc(C(F)(F)F)c3c(N)ncnn23)cc1C(=O)N[C@@H]1CN(C(=O)c2cccnn2)C[C@@H]1F. The third-order valence-electron chi connectivity index (χ3n) is 6.12. The van der Waals surface area contributed by atoms with E-state index in [9.17, 15) is 27.2 Å². The first-order valence-electron chi connectivity index (χ1n) is 11.3. The lowest BCUT2D eigenvalue weighted by molar-refractivity contribution is -0.136. The summed E-state index contributed by atoms with van der Waals surface area (Å²) in [7, 11) is 1.25. The number of methoxy groups -OCH3 is 1. The molecular weight excluding hydrogens is 526 g/mol. The molecule has 39 heavy (non-hydrogen) atoms. The van der Waals surface area contributed by atoms with Crippen LogP contribution in [-0.4, -0.2) is 78.9 Å². The first-order chi connectivity index (χ1) is 18.6. The van der Waals surface area contributed by atoms with E-state index in [4.69, 9.17) is 10.5 Å². The van der Waals surface area contributed by atoms with Crippen LogP contribution in [0.15, 0.2) is 43.0 Å². The zero-order valence-electron chi connectivity index (χ0n) is 20.1. The van der Waals surface area contributed by atoms with Gasteiger partial charge in [0, 0.05) is 24.5 Å². The van der Waals surface area contributed by atoms with Crippen LogP contribution >= 0.6 is 0 Å². The summed E-state index contributed by atoms with van der Waals surface area (Å²) in [6.45, 7) is -0.431. The van der Waals surface area contributed by atoms with Crippen molar-refractivity contribution in [3.63, 3.8) is 0 Å². The molecule has 1 aliphatic heterocycles. The largest absolute Gasteiger partial charge is 0.480 e. The highest BCUT2D eigenvalue weighted by molar-refractivity contribution is 5.98. The number of ether oxygens (including phenoxy) is 1. The number of nitrogens with zero attached hydrogens (tertiary/aromatic N) is 7. The quantitative estimate of drug-likeness (QED) is 0.357. The number of amides is 2. The van der Waals surface area contributed by atoms with E-state index in [1.54, 1.807) is 0 Å². The van der Waals surface area contributed by atoms with Crippen molar-refractivity contribution in [2.45, 2.75) is 18.4 Å². The minimum Gasteiger partial charge on any atom is -0.480 e. The molecule has 0 saturated carbocycles. The normalized spacial score (nSPS) is 17.4. The molecule has 12 nitrogen and oxygen atoms in total. The summed E-state index contributed by atoms with van der Waals surface area (Å²) in [5, 5.41) is 13.8. The molecule has 1 fully saturated rings. The number of anilines is 1. The van der Waals surface area contributed by atoms with Gasteiger partial charge in [0.1, 0.15) is 23.6 Å². The maximum Gasteiger partial charge on any atom is 0.418 e. The van der Waals surface area contributed by atoms with Crippen molar-refractivity contribution in [1.82, 2.24) is 40.0 Å². The standard InChI is InChI=1S/C23H19F4N9O3/c1-39-21-12(20(37)33-16-9-35(8-14(16)24)22(38)15-3-2-4-31-34-15)5-11(7-29-21)17-6-13(23(25,26)27)18-19(28)30-10-32-36(17)18/h2-7,10,14,16H,8-9H2,1H3,(H,33,37)(H2,28,30,32)/t14-,16+/m0/s1. The van der Waals surface area contributed by atoms with Gasteiger partial charge in [0.2, 0.25) is 5.88 Å². The lowest BCUT2D eigenvalue weighted by Crippen LogP contribution is -2.42. The Morgan fingerprint density at radius 3 is 2.69 bits per heavy atom. The second-order valence-corrected chi connectivity index (χ2v) is 8.54. The number of likely N-dealkylation sites (tertiary alicyclic amines) is 1. The highest BCUT2D eigenvalue weighted by atomic mass is 19.4. The summed E-state index contributed by atoms with van der Waals surface area (Å²) in [4.78, 5) is 34.7. The number of rotatable bonds is 5. The number of aromatic nitrogens is 6. The van der Waals surface area contributed by atoms with E-state index in [1.165, 1.54) is 42.6 Å². The Kier molecular flexibility index (Phi) is 6.45. The molecule has 5 heterocycles. The number of alkyl halides is 4. The number of carbonyl (C=O) groups excluding carboxylic acids is 2. The highest BCUT2D eigenvalue weighted by Gasteiger charge is 2.39. The average Bonchev–Trinajstić information content (AvgIpc) is 3.50. The zero-order chi connectivity index (χ0) is 27.9. The third-order valence-corrected chi connectivity index (χ3v) is 6.12. The van der Waals surface area contributed by atoms with Crippen LogP contribution in [0.5, 0.6) is 5.88 Å². The van der Waals surface area contributed by atoms with E-state index >= 15 is 0 Å². The molecule has 3 N–H and O–H groups in total. The van der Waals surface area contributed by atoms with Gasteiger partial charge in [-0.15, -0.1) is 5.10 Å². The van der Waals surface area contributed by atoms with Crippen molar-refractivity contribution in [3.8, 4) is 17.1 Å². The van der Waals surface area contributed by atoms with Crippen molar-refractivity contribution in [1.29, 1.82) is 0 Å². The van der Waals surface area contributed by atoms with Crippen LogP contribution in [0.4, 0.5) is 23.4 Å². The molecule has 2 atom stereocenters. The molecule has 0 radical (unpaired) electrons. The van der Waals surface area contributed by atoms with Gasteiger partial charge in [-0.25, -0.2) is 18.9 Å². The number of carbonyl (C=O) groups is 2. The fraction of sp³-hybridized carbons (Fsp3) is 0.261. The third kappa shape index (κ3) is 4.75. The molecule has 0 aliphatic carbocycles. The Balaban J connectivity index is 1.44. The van der Waals surface area contributed by atoms with E-state index in [-0.39, 0.29) is 47.3 Å². The fourth-order valence-electron chi connectivity index (χ4n) is 4.30. The summed E-state index contributed by atoms with van der Waals surface area (Å²) >= 11 is 0. The molecular formula is C23H19F4N9O3. The highest BCUT2D eigenvalue weighted by Crippen LogP contribution is 2.39.